The van der Waals surface area contributed by atoms with Crippen molar-refractivity contribution in [3.63, 3.8) is 0 Å². The van der Waals surface area contributed by atoms with Crippen molar-refractivity contribution in [3.05, 3.63) is 75.7 Å². The quantitative estimate of drug-likeness (QED) is 0.211. The lowest BCUT2D eigenvalue weighted by atomic mass is 10.1. The highest BCUT2D eigenvalue weighted by molar-refractivity contribution is 7.98. The Morgan fingerprint density at radius 1 is 1.19 bits per heavy atom. The van der Waals surface area contributed by atoms with E-state index in [9.17, 15) is 10.1 Å². The summed E-state index contributed by atoms with van der Waals surface area (Å²) < 4.78 is 5.85. The van der Waals surface area contributed by atoms with Gasteiger partial charge in [0.25, 0.3) is 0 Å². The van der Waals surface area contributed by atoms with Crippen molar-refractivity contribution in [1.82, 2.24) is 9.88 Å². The third-order valence-corrected chi connectivity index (χ3v) is 7.29. The van der Waals surface area contributed by atoms with Crippen molar-refractivity contribution < 1.29 is 9.34 Å². The Bertz CT molecular complexity index is 1200. The highest BCUT2D eigenvalue weighted by Gasteiger charge is 2.26. The van der Waals surface area contributed by atoms with Crippen LogP contribution in [0.2, 0.25) is 0 Å². The first-order valence-corrected chi connectivity index (χ1v) is 13.7. The van der Waals surface area contributed by atoms with Gasteiger partial charge in [0.2, 0.25) is 5.82 Å². The van der Waals surface area contributed by atoms with Gasteiger partial charge >= 0.3 is 5.69 Å². The second kappa shape index (κ2) is 12.3. The second-order valence-electron chi connectivity index (χ2n) is 9.71. The molecular weight excluding hydrogens is 488 g/mol. The van der Waals surface area contributed by atoms with E-state index in [0.717, 1.165) is 55.0 Å². The number of anilines is 3. The van der Waals surface area contributed by atoms with E-state index in [1.807, 2.05) is 26.2 Å². The van der Waals surface area contributed by atoms with Crippen molar-refractivity contribution >= 4 is 34.8 Å². The van der Waals surface area contributed by atoms with E-state index < -0.39 is 0 Å². The zero-order valence-electron chi connectivity index (χ0n) is 22.0. The van der Waals surface area contributed by atoms with E-state index in [-0.39, 0.29) is 10.6 Å². The van der Waals surface area contributed by atoms with E-state index in [4.69, 9.17) is 4.42 Å². The van der Waals surface area contributed by atoms with Gasteiger partial charge in [-0.15, -0.1) is 0 Å². The van der Waals surface area contributed by atoms with E-state index in [1.165, 1.54) is 11.3 Å². The first-order valence-electron chi connectivity index (χ1n) is 12.6. The lowest BCUT2D eigenvalue weighted by molar-refractivity contribution is -0.384. The molecular formula is C27H36N6O3S. The van der Waals surface area contributed by atoms with Gasteiger partial charge in [0.1, 0.15) is 17.3 Å². The van der Waals surface area contributed by atoms with Gasteiger partial charge in [-0.25, -0.2) is 4.98 Å². The lowest BCUT2D eigenvalue weighted by Crippen LogP contribution is -2.52. The normalized spacial score (nSPS) is 15.9. The average Bonchev–Trinajstić information content (AvgIpc) is 3.30. The third-order valence-electron chi connectivity index (χ3n) is 6.31. The number of nitrogens with zero attached hydrogens (tertiary/aromatic N) is 5. The zero-order chi connectivity index (χ0) is 26.4. The molecule has 198 valence electrons. The molecule has 0 bridgehead atoms. The van der Waals surface area contributed by atoms with Crippen LogP contribution >= 0.6 is 11.8 Å². The highest BCUT2D eigenvalue weighted by Crippen LogP contribution is 2.29. The molecule has 37 heavy (non-hydrogen) atoms. The Labute approximate surface area is 223 Å². The minimum atomic E-state index is -0.375. The van der Waals surface area contributed by atoms with E-state index in [2.05, 4.69) is 63.1 Å². The molecule has 2 aromatic heterocycles. The summed E-state index contributed by atoms with van der Waals surface area (Å²) >= 11 is 1.72. The summed E-state index contributed by atoms with van der Waals surface area (Å²) in [7, 11) is 4.02. The van der Waals surface area contributed by atoms with Crippen LogP contribution in [0.25, 0.3) is 0 Å². The molecule has 0 saturated carbocycles. The highest BCUT2D eigenvalue weighted by atomic mass is 32.2. The van der Waals surface area contributed by atoms with Crippen LogP contribution in [0.4, 0.5) is 23.0 Å². The SMILES string of the molecule is Cc1cccc(N2CCN(c3ccc([N+](=O)[O-])c(NCCSCc4ccc(CN(C)C)o4)n3)CC2C)c1. The molecule has 4 rings (SSSR count). The summed E-state index contributed by atoms with van der Waals surface area (Å²) in [6.07, 6.45) is 0. The van der Waals surface area contributed by atoms with Crippen LogP contribution in [0.15, 0.2) is 52.9 Å². The van der Waals surface area contributed by atoms with Gasteiger partial charge in [-0.05, 0) is 63.8 Å². The molecule has 1 aromatic carbocycles. The first kappa shape index (κ1) is 26.8. The molecule has 0 aliphatic carbocycles. The number of hydrogen-bond donors (Lipinski definition) is 1. The number of hydrogen-bond acceptors (Lipinski definition) is 9. The van der Waals surface area contributed by atoms with Crippen LogP contribution in [0, 0.1) is 17.0 Å². The number of aromatic nitrogens is 1. The van der Waals surface area contributed by atoms with Gasteiger partial charge in [-0.2, -0.15) is 11.8 Å². The van der Waals surface area contributed by atoms with Gasteiger partial charge in [-0.1, -0.05) is 12.1 Å². The number of aryl methyl sites for hydroxylation is 1. The second-order valence-corrected chi connectivity index (χ2v) is 10.8. The molecule has 10 heteroatoms. The van der Waals surface area contributed by atoms with Crippen molar-refractivity contribution in [2.45, 2.75) is 32.2 Å². The Hall–Kier alpha value is -3.24. The summed E-state index contributed by atoms with van der Waals surface area (Å²) in [6, 6.07) is 16.2. The van der Waals surface area contributed by atoms with E-state index >= 15 is 0 Å². The van der Waals surface area contributed by atoms with Crippen LogP contribution in [0.1, 0.15) is 24.0 Å². The minimum absolute atomic E-state index is 0.000410. The number of thioether (sulfide) groups is 1. The Balaban J connectivity index is 1.33. The molecule has 1 unspecified atom stereocenters. The van der Waals surface area contributed by atoms with Crippen LogP contribution in [-0.2, 0) is 12.3 Å². The van der Waals surface area contributed by atoms with Crippen LogP contribution in [0.5, 0.6) is 0 Å². The van der Waals surface area contributed by atoms with Crippen molar-refractivity contribution in [2.24, 2.45) is 0 Å². The fourth-order valence-electron chi connectivity index (χ4n) is 4.56. The Morgan fingerprint density at radius 3 is 2.73 bits per heavy atom. The maximum atomic E-state index is 11.6. The summed E-state index contributed by atoms with van der Waals surface area (Å²) in [5.74, 6) is 4.51. The predicted octanol–water partition coefficient (Wildman–Crippen LogP) is 5.01. The first-order chi connectivity index (χ1) is 17.8. The van der Waals surface area contributed by atoms with Crippen molar-refractivity contribution in [3.8, 4) is 0 Å². The summed E-state index contributed by atoms with van der Waals surface area (Å²) in [5, 5.41) is 14.8. The molecule has 1 saturated heterocycles. The number of furan rings is 1. The molecule has 1 aliphatic heterocycles. The Morgan fingerprint density at radius 2 is 2.00 bits per heavy atom. The average molecular weight is 525 g/mol. The Kier molecular flexibility index (Phi) is 8.94. The van der Waals surface area contributed by atoms with Crippen molar-refractivity contribution in [1.29, 1.82) is 0 Å². The summed E-state index contributed by atoms with van der Waals surface area (Å²) in [6.45, 7) is 8.13. The zero-order valence-corrected chi connectivity index (χ0v) is 22.8. The molecule has 1 atom stereocenters. The smallest absolute Gasteiger partial charge is 0.311 e. The van der Waals surface area contributed by atoms with E-state index in [1.54, 1.807) is 23.9 Å². The number of pyridine rings is 1. The molecule has 3 heterocycles. The number of nitro groups is 1. The van der Waals surface area contributed by atoms with Gasteiger partial charge < -0.3 is 24.4 Å². The molecule has 1 fully saturated rings. The standard InChI is InChI=1S/C27H36N6O3S/c1-20-6-5-7-22(16-20)32-14-13-31(17-21(32)2)26-11-10-25(33(34)35)27(29-26)28-12-15-37-19-24-9-8-23(36-24)18-30(3)4/h5-11,16,21H,12-15,17-19H2,1-4H3,(H,28,29). The van der Waals surface area contributed by atoms with Gasteiger partial charge in [0, 0.05) is 49.7 Å². The minimum Gasteiger partial charge on any atom is -0.464 e. The molecule has 0 spiro atoms. The predicted molar refractivity (Wildman–Crippen MR) is 152 cm³/mol. The molecule has 1 aliphatic rings. The van der Waals surface area contributed by atoms with Gasteiger partial charge in [0.15, 0.2) is 0 Å². The van der Waals surface area contributed by atoms with Crippen LogP contribution in [-0.4, -0.2) is 66.9 Å². The van der Waals surface area contributed by atoms with Crippen LogP contribution in [0.3, 0.4) is 0 Å². The number of rotatable bonds is 11. The van der Waals surface area contributed by atoms with Crippen LogP contribution < -0.4 is 15.1 Å². The molecule has 1 N–H and O–H groups in total. The monoisotopic (exact) mass is 524 g/mol. The topological polar surface area (TPSA) is 90.9 Å². The van der Waals surface area contributed by atoms with E-state index in [0.29, 0.717) is 18.4 Å². The number of benzene rings is 1. The lowest BCUT2D eigenvalue weighted by Gasteiger charge is -2.42. The van der Waals surface area contributed by atoms with Crippen molar-refractivity contribution in [2.75, 3.05) is 61.1 Å². The molecule has 3 aromatic rings. The largest absolute Gasteiger partial charge is 0.464 e. The maximum Gasteiger partial charge on any atom is 0.311 e. The maximum absolute atomic E-state index is 11.6. The third kappa shape index (κ3) is 7.17. The fourth-order valence-corrected chi connectivity index (χ4v) is 5.31. The van der Waals surface area contributed by atoms with Gasteiger partial charge in [-0.3, -0.25) is 10.1 Å². The molecule has 9 nitrogen and oxygen atoms in total. The summed E-state index contributed by atoms with van der Waals surface area (Å²) in [5.41, 5.74) is 2.47. The van der Waals surface area contributed by atoms with Gasteiger partial charge in [0.05, 0.1) is 17.2 Å². The fraction of sp³-hybridized carbons (Fsp3) is 0.444. The number of nitrogens with one attached hydrogen (secondary N) is 1. The summed E-state index contributed by atoms with van der Waals surface area (Å²) in [4.78, 5) is 22.6. The number of piperazine rings is 1. The molecule has 0 amide bonds. The molecule has 0 radical (unpaired) electrons.